The monoisotopic (exact) mass is 234 g/mol. The molecule has 0 saturated carbocycles. The average Bonchev–Trinajstić information content (AvgIpc) is 2.24. The zero-order valence-corrected chi connectivity index (χ0v) is 11.3. The molecule has 0 spiro atoms. The van der Waals surface area contributed by atoms with Crippen LogP contribution in [0.5, 0.6) is 0 Å². The highest BCUT2D eigenvalue weighted by Gasteiger charge is 2.31. The Labute approximate surface area is 104 Å². The number of anilines is 1. The van der Waals surface area contributed by atoms with E-state index < -0.39 is 0 Å². The third-order valence-corrected chi connectivity index (χ3v) is 2.67. The second-order valence-electron chi connectivity index (χ2n) is 5.72. The van der Waals surface area contributed by atoms with Gasteiger partial charge in [-0.1, -0.05) is 34.6 Å². The molecule has 0 aliphatic carbocycles. The zero-order chi connectivity index (χ0) is 13.1. The van der Waals surface area contributed by atoms with Crippen LogP contribution in [0, 0.1) is 11.3 Å². The normalized spacial score (nSPS) is 13.5. The molecule has 0 bridgehead atoms. The minimum absolute atomic E-state index is 0.167. The molecule has 1 aromatic rings. The van der Waals surface area contributed by atoms with Crippen molar-refractivity contribution >= 4 is 11.5 Å². The Bertz CT molecular complexity index is 366. The molecule has 0 saturated heterocycles. The first kappa shape index (κ1) is 13.7. The minimum Gasteiger partial charge on any atom is -0.374 e. The third kappa shape index (κ3) is 3.84. The molecule has 1 atom stereocenters. The van der Waals surface area contributed by atoms with Crippen LogP contribution in [0.4, 0.5) is 5.69 Å². The van der Waals surface area contributed by atoms with Crippen molar-refractivity contribution in [3.63, 3.8) is 0 Å². The van der Waals surface area contributed by atoms with Gasteiger partial charge in [0.1, 0.15) is 0 Å². The highest BCUT2D eigenvalue weighted by Crippen LogP contribution is 2.22. The number of ketones is 1. The Morgan fingerprint density at radius 3 is 2.41 bits per heavy atom. The first-order chi connectivity index (χ1) is 7.82. The average molecular weight is 234 g/mol. The van der Waals surface area contributed by atoms with E-state index in [0.29, 0.717) is 0 Å². The minimum atomic E-state index is -0.329. The maximum atomic E-state index is 12.3. The molecule has 3 heteroatoms. The van der Waals surface area contributed by atoms with E-state index in [1.807, 2.05) is 32.9 Å². The van der Waals surface area contributed by atoms with Crippen LogP contribution >= 0.6 is 0 Å². The Morgan fingerprint density at radius 1 is 1.35 bits per heavy atom. The summed E-state index contributed by atoms with van der Waals surface area (Å²) < 4.78 is 0. The van der Waals surface area contributed by atoms with Crippen molar-refractivity contribution in [3.05, 3.63) is 24.5 Å². The molecule has 0 unspecified atom stereocenters. The van der Waals surface area contributed by atoms with Crippen molar-refractivity contribution in [2.24, 2.45) is 11.3 Å². The molecule has 0 aliphatic heterocycles. The molecule has 1 rings (SSSR count). The number of carbonyl (C=O) groups is 1. The summed E-state index contributed by atoms with van der Waals surface area (Å²) in [4.78, 5) is 16.4. The summed E-state index contributed by atoms with van der Waals surface area (Å²) in [7, 11) is 0. The van der Waals surface area contributed by atoms with Crippen LogP contribution in [0.3, 0.4) is 0 Å². The lowest BCUT2D eigenvalue weighted by Gasteiger charge is -2.28. The van der Waals surface area contributed by atoms with Crippen molar-refractivity contribution < 1.29 is 4.79 Å². The van der Waals surface area contributed by atoms with E-state index in [1.54, 1.807) is 12.4 Å². The fourth-order valence-corrected chi connectivity index (χ4v) is 1.63. The van der Waals surface area contributed by atoms with Gasteiger partial charge in [-0.25, -0.2) is 0 Å². The Hall–Kier alpha value is -1.38. The molecule has 1 heterocycles. The van der Waals surface area contributed by atoms with Gasteiger partial charge in [-0.2, -0.15) is 0 Å². The van der Waals surface area contributed by atoms with Gasteiger partial charge >= 0.3 is 0 Å². The maximum absolute atomic E-state index is 12.3. The van der Waals surface area contributed by atoms with Crippen LogP contribution in [0.15, 0.2) is 24.5 Å². The second-order valence-corrected chi connectivity index (χ2v) is 5.72. The zero-order valence-electron chi connectivity index (χ0n) is 11.3. The molecular formula is C14H22N2O. The molecule has 1 aromatic heterocycles. The lowest BCUT2D eigenvalue weighted by molar-refractivity contribution is -0.127. The lowest BCUT2D eigenvalue weighted by Crippen LogP contribution is -2.41. The standard InChI is InChI=1S/C14H22N2O/c1-10(2)12(13(17)14(3,4)5)16-11-7-6-8-15-9-11/h6-10,12,16H,1-5H3/t12-/m0/s1. The number of carbonyl (C=O) groups excluding carboxylic acids is 1. The summed E-state index contributed by atoms with van der Waals surface area (Å²) in [5.74, 6) is 0.485. The van der Waals surface area contributed by atoms with Gasteiger partial charge in [0, 0.05) is 17.8 Å². The fourth-order valence-electron chi connectivity index (χ4n) is 1.63. The van der Waals surface area contributed by atoms with Crippen molar-refractivity contribution in [2.45, 2.75) is 40.7 Å². The summed E-state index contributed by atoms with van der Waals surface area (Å²) in [6, 6.07) is 3.62. The molecule has 0 aromatic carbocycles. The summed E-state index contributed by atoms with van der Waals surface area (Å²) in [6.45, 7) is 9.97. The van der Waals surface area contributed by atoms with Gasteiger partial charge in [0.05, 0.1) is 11.7 Å². The molecule has 0 fully saturated rings. The largest absolute Gasteiger partial charge is 0.374 e. The van der Waals surface area contributed by atoms with Gasteiger partial charge < -0.3 is 5.32 Å². The van der Waals surface area contributed by atoms with Gasteiger partial charge in [0.25, 0.3) is 0 Å². The van der Waals surface area contributed by atoms with Gasteiger partial charge in [0.2, 0.25) is 0 Å². The molecule has 0 radical (unpaired) electrons. The van der Waals surface area contributed by atoms with E-state index in [1.165, 1.54) is 0 Å². The van der Waals surface area contributed by atoms with E-state index in [9.17, 15) is 4.79 Å². The number of hydrogen-bond acceptors (Lipinski definition) is 3. The maximum Gasteiger partial charge on any atom is 0.160 e. The van der Waals surface area contributed by atoms with Gasteiger partial charge in [-0.3, -0.25) is 9.78 Å². The number of rotatable bonds is 4. The van der Waals surface area contributed by atoms with Crippen LogP contribution in [-0.4, -0.2) is 16.8 Å². The van der Waals surface area contributed by atoms with Crippen LogP contribution < -0.4 is 5.32 Å². The predicted octanol–water partition coefficient (Wildman–Crippen LogP) is 3.13. The topological polar surface area (TPSA) is 42.0 Å². The molecule has 1 N–H and O–H groups in total. The predicted molar refractivity (Wildman–Crippen MR) is 70.9 cm³/mol. The number of aromatic nitrogens is 1. The van der Waals surface area contributed by atoms with Gasteiger partial charge in [-0.15, -0.1) is 0 Å². The van der Waals surface area contributed by atoms with Crippen molar-refractivity contribution in [3.8, 4) is 0 Å². The number of pyridine rings is 1. The van der Waals surface area contributed by atoms with E-state index in [2.05, 4.69) is 24.1 Å². The molecule has 17 heavy (non-hydrogen) atoms. The fraction of sp³-hybridized carbons (Fsp3) is 0.571. The Morgan fingerprint density at radius 2 is 2.00 bits per heavy atom. The molecule has 3 nitrogen and oxygen atoms in total. The van der Waals surface area contributed by atoms with Gasteiger partial charge in [-0.05, 0) is 18.1 Å². The number of Topliss-reactive ketones (excluding diaryl/α,β-unsaturated/α-hetero) is 1. The summed E-state index contributed by atoms with van der Waals surface area (Å²) in [6.07, 6.45) is 3.46. The Kier molecular flexibility index (Phi) is 4.27. The smallest absolute Gasteiger partial charge is 0.160 e. The van der Waals surface area contributed by atoms with Gasteiger partial charge in [0.15, 0.2) is 5.78 Å². The first-order valence-corrected chi connectivity index (χ1v) is 6.03. The number of nitrogens with one attached hydrogen (secondary N) is 1. The van der Waals surface area contributed by atoms with Crippen LogP contribution in [0.2, 0.25) is 0 Å². The molecule has 94 valence electrons. The highest BCUT2D eigenvalue weighted by molar-refractivity contribution is 5.91. The quantitative estimate of drug-likeness (QED) is 0.870. The summed E-state index contributed by atoms with van der Waals surface area (Å²) in [5.41, 5.74) is 0.563. The molecule has 0 amide bonds. The van der Waals surface area contributed by atoms with Crippen LogP contribution in [0.1, 0.15) is 34.6 Å². The van der Waals surface area contributed by atoms with Crippen molar-refractivity contribution in [2.75, 3.05) is 5.32 Å². The Balaban J connectivity index is 2.85. The van der Waals surface area contributed by atoms with Crippen LogP contribution in [0.25, 0.3) is 0 Å². The lowest BCUT2D eigenvalue weighted by atomic mass is 9.82. The van der Waals surface area contributed by atoms with Crippen LogP contribution in [-0.2, 0) is 4.79 Å². The van der Waals surface area contributed by atoms with E-state index in [4.69, 9.17) is 0 Å². The van der Waals surface area contributed by atoms with Crippen molar-refractivity contribution in [1.29, 1.82) is 0 Å². The summed E-state index contributed by atoms with van der Waals surface area (Å²) >= 11 is 0. The SMILES string of the molecule is CC(C)[C@H](Nc1cccnc1)C(=O)C(C)(C)C. The first-order valence-electron chi connectivity index (χ1n) is 6.03. The second kappa shape index (κ2) is 5.30. The number of hydrogen-bond donors (Lipinski definition) is 1. The molecular weight excluding hydrogens is 212 g/mol. The van der Waals surface area contributed by atoms with E-state index in [-0.39, 0.29) is 23.2 Å². The third-order valence-electron chi connectivity index (χ3n) is 2.67. The van der Waals surface area contributed by atoms with E-state index in [0.717, 1.165) is 5.69 Å². The summed E-state index contributed by atoms with van der Waals surface area (Å²) in [5, 5.41) is 3.27. The number of nitrogens with zero attached hydrogens (tertiary/aromatic N) is 1. The van der Waals surface area contributed by atoms with Crippen molar-refractivity contribution in [1.82, 2.24) is 4.98 Å². The molecule has 0 aliphatic rings. The van der Waals surface area contributed by atoms with E-state index >= 15 is 0 Å². The highest BCUT2D eigenvalue weighted by atomic mass is 16.1.